The monoisotopic (exact) mass is 1840 g/mol. The molecule has 8 heterocycles. The quantitative estimate of drug-likeness (QED) is 0.0306. The Morgan fingerprint density at radius 1 is 0.219 bits per heavy atom. The van der Waals surface area contributed by atoms with Crippen LogP contribution in [0.25, 0.3) is 44.5 Å². The minimum absolute atomic E-state index is 0.112. The van der Waals surface area contributed by atoms with Gasteiger partial charge < -0.3 is 23.7 Å². The first kappa shape index (κ1) is 98.6. The molecular formula is C116H115F3N8O10+8. The highest BCUT2D eigenvalue weighted by atomic mass is 19.4. The second-order valence-electron chi connectivity index (χ2n) is 35.6. The molecule has 8 aromatic carbocycles. The number of esters is 5. The van der Waals surface area contributed by atoms with Gasteiger partial charge in [0.1, 0.15) is 0 Å². The van der Waals surface area contributed by atoms with Gasteiger partial charge in [-0.25, -0.2) is 60.5 Å². The van der Waals surface area contributed by atoms with Crippen LogP contribution in [0.1, 0.15) is 160 Å². The fourth-order valence-electron chi connectivity index (χ4n) is 15.5. The van der Waals surface area contributed by atoms with Crippen molar-refractivity contribution < 1.29 is 97.4 Å². The van der Waals surface area contributed by atoms with Gasteiger partial charge in [0.15, 0.2) is 152 Å². The van der Waals surface area contributed by atoms with Crippen LogP contribution >= 0.6 is 0 Å². The van der Waals surface area contributed by atoms with Crippen molar-refractivity contribution in [1.29, 1.82) is 0 Å². The van der Waals surface area contributed by atoms with Gasteiger partial charge in [-0.3, -0.25) is 0 Å². The van der Waals surface area contributed by atoms with Crippen molar-refractivity contribution in [2.45, 2.75) is 118 Å². The van der Waals surface area contributed by atoms with Crippen molar-refractivity contribution in [3.05, 3.63) is 479 Å². The van der Waals surface area contributed by atoms with Gasteiger partial charge in [-0.05, 0) is 164 Å². The summed E-state index contributed by atoms with van der Waals surface area (Å²) in [6.07, 6.45) is 28.4. The zero-order valence-corrected chi connectivity index (χ0v) is 79.3. The molecule has 0 aliphatic rings. The molecule has 0 amide bonds. The zero-order chi connectivity index (χ0) is 97.2. The highest BCUT2D eigenvalue weighted by Gasteiger charge is 2.32. The Kier molecular flexibility index (Phi) is 33.2. The molecule has 0 saturated heterocycles. The number of aromatic nitrogens is 8. The van der Waals surface area contributed by atoms with Crippen LogP contribution in [0, 0.1) is 6.92 Å². The maximum absolute atomic E-state index is 13.1. The van der Waals surface area contributed by atoms with Crippen LogP contribution in [0.3, 0.4) is 0 Å². The highest BCUT2D eigenvalue weighted by Crippen LogP contribution is 2.33. The van der Waals surface area contributed by atoms with Crippen molar-refractivity contribution in [2.75, 3.05) is 35.5 Å². The van der Waals surface area contributed by atoms with Gasteiger partial charge in [-0.15, -0.1) is 0 Å². The molecule has 8 aromatic heterocycles. The molecule has 16 aromatic rings. The van der Waals surface area contributed by atoms with Crippen LogP contribution in [0.5, 0.6) is 0 Å². The first-order valence-corrected chi connectivity index (χ1v) is 45.1. The summed E-state index contributed by atoms with van der Waals surface area (Å²) in [6.45, 7) is 20.9. The lowest BCUT2D eigenvalue weighted by Gasteiger charge is -2.25. The molecule has 0 unspecified atom stereocenters. The summed E-state index contributed by atoms with van der Waals surface area (Å²) < 4.78 is 79.9. The van der Waals surface area contributed by atoms with E-state index in [4.69, 9.17) is 23.7 Å². The van der Waals surface area contributed by atoms with Gasteiger partial charge in [0, 0.05) is 142 Å². The Morgan fingerprint density at radius 3 is 0.672 bits per heavy atom. The lowest BCUT2D eigenvalue weighted by atomic mass is 9.79. The van der Waals surface area contributed by atoms with E-state index in [2.05, 4.69) is 234 Å². The van der Waals surface area contributed by atoms with Crippen LogP contribution in [0.4, 0.5) is 13.2 Å². The Bertz CT molecular complexity index is 6630. The number of pyridine rings is 8. The van der Waals surface area contributed by atoms with Crippen molar-refractivity contribution in [3.63, 3.8) is 0 Å². The smallest absolute Gasteiger partial charge is 0.416 e. The molecule has 0 saturated carbocycles. The van der Waals surface area contributed by atoms with Gasteiger partial charge in [0.25, 0.3) is 0 Å². The van der Waals surface area contributed by atoms with E-state index < -0.39 is 11.7 Å². The Labute approximate surface area is 799 Å². The number of hydrogen-bond donors (Lipinski definition) is 0. The van der Waals surface area contributed by atoms with Crippen LogP contribution < -0.4 is 36.5 Å². The van der Waals surface area contributed by atoms with Gasteiger partial charge in [0.05, 0.1) is 68.9 Å². The van der Waals surface area contributed by atoms with E-state index in [1.54, 1.807) is 61.5 Å². The molecule has 16 rings (SSSR count). The maximum Gasteiger partial charge on any atom is 0.416 e. The van der Waals surface area contributed by atoms with Gasteiger partial charge >= 0.3 is 36.0 Å². The minimum Gasteiger partial charge on any atom is -0.465 e. The molecule has 21 heteroatoms. The summed E-state index contributed by atoms with van der Waals surface area (Å²) in [7, 11) is 6.92. The van der Waals surface area contributed by atoms with Crippen LogP contribution in [-0.2, 0) is 93.0 Å². The summed E-state index contributed by atoms with van der Waals surface area (Å²) in [5, 5.41) is 0. The number of carbonyl (C=O) groups is 5. The first-order chi connectivity index (χ1) is 65.9. The molecular weight excluding hydrogens is 1720 g/mol. The van der Waals surface area contributed by atoms with Crippen molar-refractivity contribution in [3.8, 4) is 44.5 Å². The molecule has 0 aliphatic carbocycles. The number of ether oxygens (including phenoxy) is 5. The standard InChI is InChI=1S/C34H40N2O2.C28H25F3N2O2.C28H26N2O4.C26H24N2O2/c1-33(2,3)30-20-26(21-31(22-30)34(4,5)6)24-36-18-14-28(15-19-36)27-12-16-35(17-13-27)23-25-8-10-29(11-9-25)32(37)38-7;1-20-15-22(17-26(16-20)28(29,30)31)19-33-13-9-24(10-14-33)23-7-11-32(12-8-23)18-21-3-5-25(6-4-21)27(34)35-2;1-33-27(31)25-7-3-5-21(17-25)19-29-13-9-23(10-14-29)24-11-15-30(16-12-24)20-22-6-4-8-26(18-22)28(32)34-2;1-30-26(29)25-9-7-22(8-10-25)20-28-17-13-24(14-18-28)23-11-15-27(16-12-23)19-21-5-3-2-4-6-21/h8-22H,23-24H2,1-7H3;3-17H,18-19H2,1-2H3;3-18H,19-20H2,1-2H3;2-18H,19-20H2,1H3/q4*+2. The predicted octanol–water partition coefficient (Wildman–Crippen LogP) is 19.0. The average Bonchev–Trinajstić information content (AvgIpc) is 0.792. The van der Waals surface area contributed by atoms with E-state index in [-0.39, 0.29) is 40.7 Å². The van der Waals surface area contributed by atoms with Crippen molar-refractivity contribution in [2.24, 2.45) is 0 Å². The molecule has 0 spiro atoms. The number of aryl methyl sites for hydroxylation is 1. The van der Waals surface area contributed by atoms with Gasteiger partial charge in [0.2, 0.25) is 0 Å². The molecule has 0 N–H and O–H groups in total. The first-order valence-electron chi connectivity index (χ1n) is 45.1. The summed E-state index contributed by atoms with van der Waals surface area (Å²) in [4.78, 5) is 58.2. The molecule has 0 atom stereocenters. The molecule has 0 bridgehead atoms. The van der Waals surface area contributed by atoms with Crippen LogP contribution in [0.15, 0.2) is 384 Å². The number of benzene rings is 8. The van der Waals surface area contributed by atoms with Crippen molar-refractivity contribution in [1.82, 2.24) is 0 Å². The molecule has 692 valence electrons. The molecule has 0 fully saturated rings. The number of carbonyl (C=O) groups excluding carboxylic acids is 5. The maximum atomic E-state index is 13.1. The predicted molar refractivity (Wildman–Crippen MR) is 517 cm³/mol. The van der Waals surface area contributed by atoms with E-state index in [0.29, 0.717) is 65.1 Å². The Balaban J connectivity index is 0.000000155. The second-order valence-corrected chi connectivity index (χ2v) is 35.6. The van der Waals surface area contributed by atoms with Crippen molar-refractivity contribution >= 4 is 29.8 Å². The number of hydrogen-bond acceptors (Lipinski definition) is 10. The zero-order valence-electron chi connectivity index (χ0n) is 79.3. The molecule has 18 nitrogen and oxygen atoms in total. The van der Waals surface area contributed by atoms with E-state index in [1.165, 1.54) is 86.1 Å². The molecule has 0 radical (unpaired) electrons. The number of halogens is 3. The van der Waals surface area contributed by atoms with E-state index in [1.807, 2.05) is 162 Å². The molecule has 137 heavy (non-hydrogen) atoms. The topological polar surface area (TPSA) is 163 Å². The highest BCUT2D eigenvalue weighted by molar-refractivity contribution is 5.91. The lowest BCUT2D eigenvalue weighted by molar-refractivity contribution is -0.688. The third-order valence-corrected chi connectivity index (χ3v) is 23.2. The lowest BCUT2D eigenvalue weighted by Crippen LogP contribution is -2.34. The number of alkyl halides is 3. The second kappa shape index (κ2) is 46.2. The third-order valence-electron chi connectivity index (χ3n) is 23.2. The van der Waals surface area contributed by atoms with E-state index >= 15 is 0 Å². The number of methoxy groups -OCH3 is 5. The Hall–Kier alpha value is -15.9. The van der Waals surface area contributed by atoms with Gasteiger partial charge in [-0.1, -0.05) is 144 Å². The van der Waals surface area contributed by atoms with Crippen LogP contribution in [-0.4, -0.2) is 65.4 Å². The summed E-state index contributed by atoms with van der Waals surface area (Å²) in [5.74, 6) is -1.65. The number of rotatable bonds is 25. The molecule has 0 aliphatic heterocycles. The minimum atomic E-state index is -4.36. The summed E-state index contributed by atoms with van der Waals surface area (Å²) in [6, 6.07) is 92.3. The summed E-state index contributed by atoms with van der Waals surface area (Å²) in [5.41, 5.74) is 23.3. The Morgan fingerprint density at radius 2 is 0.431 bits per heavy atom. The average molecular weight is 1840 g/mol. The van der Waals surface area contributed by atoms with E-state index in [0.717, 1.165) is 82.3 Å². The summed E-state index contributed by atoms with van der Waals surface area (Å²) >= 11 is 0. The fraction of sp³-hybridized carbons (Fsp3) is 0.198. The normalized spacial score (nSPS) is 11.1. The number of nitrogens with zero attached hydrogens (tertiary/aromatic N) is 8. The van der Waals surface area contributed by atoms with E-state index in [9.17, 15) is 37.1 Å². The van der Waals surface area contributed by atoms with Gasteiger partial charge in [-0.2, -0.15) is 13.2 Å². The largest absolute Gasteiger partial charge is 0.465 e. The third kappa shape index (κ3) is 28.6. The fourth-order valence-corrected chi connectivity index (χ4v) is 15.5. The van der Waals surface area contributed by atoms with Crippen LogP contribution in [0.2, 0.25) is 0 Å². The SMILES string of the molecule is COC(=O)c1ccc(C[n+]2ccc(-c3cc[n+](Cc4cc(C(C)(C)C)cc(C(C)(C)C)c4)cc3)cc2)cc1.COC(=O)c1ccc(C[n+]2ccc(-c3cc[n+](Cc4cc(C)cc(C(F)(F)F)c4)cc3)cc2)cc1.COC(=O)c1ccc(C[n+]2ccc(-c3cc[n+](Cc4ccccc4)cc3)cc2)cc1.COC(=O)c1cccc(C[n+]2ccc(-c3cc[n+](Cc4cccc(C(=O)OC)c4)cc3)cc2)c1.